The van der Waals surface area contributed by atoms with Gasteiger partial charge in [0.05, 0.1) is 18.2 Å². The number of hydrogen-bond acceptors (Lipinski definition) is 7. The summed E-state index contributed by atoms with van der Waals surface area (Å²) >= 11 is 0. The van der Waals surface area contributed by atoms with E-state index in [1.54, 1.807) is 18.5 Å². The molecular formula is C16H22N6O2. The summed E-state index contributed by atoms with van der Waals surface area (Å²) < 4.78 is 0. The maximum Gasteiger partial charge on any atom is 0.335 e. The zero-order valence-electron chi connectivity index (χ0n) is 13.6. The highest BCUT2D eigenvalue weighted by Gasteiger charge is 2.31. The van der Waals surface area contributed by atoms with Gasteiger partial charge >= 0.3 is 5.97 Å². The van der Waals surface area contributed by atoms with Gasteiger partial charge in [-0.2, -0.15) is 5.10 Å². The van der Waals surface area contributed by atoms with Gasteiger partial charge in [-0.25, -0.2) is 9.79 Å². The molecule has 0 saturated heterocycles. The summed E-state index contributed by atoms with van der Waals surface area (Å²) in [5.74, 6) is -0.00723. The van der Waals surface area contributed by atoms with Crippen molar-refractivity contribution in [2.75, 3.05) is 13.6 Å². The third-order valence-corrected chi connectivity index (χ3v) is 4.36. The Labute approximate surface area is 140 Å². The quantitative estimate of drug-likeness (QED) is 0.689. The molecule has 0 aromatic carbocycles. The molecule has 0 saturated carbocycles. The fraction of sp³-hybridized carbons (Fsp3) is 0.500. The van der Waals surface area contributed by atoms with Crippen molar-refractivity contribution in [3.05, 3.63) is 23.4 Å². The van der Waals surface area contributed by atoms with E-state index >= 15 is 0 Å². The number of aliphatic carboxylic acids is 1. The largest absolute Gasteiger partial charge is 0.478 e. The van der Waals surface area contributed by atoms with E-state index in [0.717, 1.165) is 37.2 Å². The summed E-state index contributed by atoms with van der Waals surface area (Å²) in [7, 11) is 1.99. The van der Waals surface area contributed by atoms with Gasteiger partial charge in [-0.3, -0.25) is 10.4 Å². The topological polar surface area (TPSA) is 102 Å². The number of rotatable bonds is 5. The van der Waals surface area contributed by atoms with Crippen LogP contribution in [0.25, 0.3) is 0 Å². The van der Waals surface area contributed by atoms with Gasteiger partial charge < -0.3 is 15.3 Å². The van der Waals surface area contributed by atoms with Crippen molar-refractivity contribution in [3.8, 4) is 0 Å². The summed E-state index contributed by atoms with van der Waals surface area (Å²) in [6, 6.07) is 0.106. The maximum atomic E-state index is 11.1. The van der Waals surface area contributed by atoms with Gasteiger partial charge in [0, 0.05) is 19.0 Å². The summed E-state index contributed by atoms with van der Waals surface area (Å²) in [5.41, 5.74) is 4.42. The lowest BCUT2D eigenvalue weighted by atomic mass is 10.0. The van der Waals surface area contributed by atoms with E-state index in [2.05, 4.69) is 30.7 Å². The highest BCUT2D eigenvalue weighted by molar-refractivity contribution is 5.90. The van der Waals surface area contributed by atoms with E-state index in [9.17, 15) is 4.79 Å². The van der Waals surface area contributed by atoms with Crippen LogP contribution in [0.4, 0.5) is 0 Å². The molecule has 128 valence electrons. The van der Waals surface area contributed by atoms with Gasteiger partial charge in [-0.15, -0.1) is 0 Å². The molecule has 24 heavy (non-hydrogen) atoms. The second-order valence-corrected chi connectivity index (χ2v) is 5.98. The fourth-order valence-corrected chi connectivity index (χ4v) is 2.96. The van der Waals surface area contributed by atoms with Crippen LogP contribution >= 0.6 is 0 Å². The third-order valence-electron chi connectivity index (χ3n) is 4.36. The monoisotopic (exact) mass is 330 g/mol. The molecule has 0 bridgehead atoms. The molecule has 2 unspecified atom stereocenters. The number of carboxylic acids is 1. The molecule has 1 aliphatic carbocycles. The highest BCUT2D eigenvalue weighted by atomic mass is 16.4. The number of amidine groups is 1. The minimum atomic E-state index is -0.889. The molecule has 8 nitrogen and oxygen atoms in total. The van der Waals surface area contributed by atoms with Crippen molar-refractivity contribution in [1.29, 1.82) is 0 Å². The standard InChI is InChI=1S/C16H22N6O2/c1-22-14(9-18-12-5-2-4-11(8-12)16(23)24)20-21-15(22)13-6-3-7-17-10-19-13/h4,7-8,10,13,15,18,21H,2-3,5-6,9H2,1H3,(H,23,24). The van der Waals surface area contributed by atoms with Crippen molar-refractivity contribution in [1.82, 2.24) is 15.6 Å². The van der Waals surface area contributed by atoms with Gasteiger partial charge in [-0.1, -0.05) is 6.08 Å². The Balaban J connectivity index is 1.55. The zero-order valence-corrected chi connectivity index (χ0v) is 13.6. The van der Waals surface area contributed by atoms with Gasteiger partial charge in [0.25, 0.3) is 0 Å². The normalized spacial score (nSPS) is 26.2. The van der Waals surface area contributed by atoms with Crippen LogP contribution in [0.2, 0.25) is 0 Å². The summed E-state index contributed by atoms with van der Waals surface area (Å²) in [5, 5.41) is 16.8. The van der Waals surface area contributed by atoms with Crippen molar-refractivity contribution in [2.45, 2.75) is 37.9 Å². The van der Waals surface area contributed by atoms with Crippen LogP contribution in [0.3, 0.4) is 0 Å². The van der Waals surface area contributed by atoms with E-state index in [1.807, 2.05) is 13.3 Å². The van der Waals surface area contributed by atoms with Crippen LogP contribution in [-0.4, -0.2) is 60.2 Å². The van der Waals surface area contributed by atoms with E-state index < -0.39 is 5.97 Å². The Bertz CT molecular complexity index is 649. The first-order valence-corrected chi connectivity index (χ1v) is 8.11. The molecule has 0 aromatic heterocycles. The number of carboxylic acid groups (broad SMARTS) is 1. The van der Waals surface area contributed by atoms with Gasteiger partial charge in [-0.05, 0) is 31.8 Å². The molecule has 2 atom stereocenters. The molecular weight excluding hydrogens is 308 g/mol. The first-order chi connectivity index (χ1) is 11.6. The lowest BCUT2D eigenvalue weighted by Crippen LogP contribution is -2.47. The van der Waals surface area contributed by atoms with E-state index in [-0.39, 0.29) is 12.2 Å². The van der Waals surface area contributed by atoms with Gasteiger partial charge in [0.2, 0.25) is 0 Å². The van der Waals surface area contributed by atoms with Crippen molar-refractivity contribution in [3.63, 3.8) is 0 Å². The Kier molecular flexibility index (Phi) is 4.93. The second kappa shape index (κ2) is 7.29. The predicted molar refractivity (Wildman–Crippen MR) is 93.2 cm³/mol. The maximum absolute atomic E-state index is 11.1. The summed E-state index contributed by atoms with van der Waals surface area (Å²) in [6.07, 6.45) is 10.3. The van der Waals surface area contributed by atoms with Crippen molar-refractivity contribution < 1.29 is 9.90 Å². The molecule has 3 N–H and O–H groups in total. The first-order valence-electron chi connectivity index (χ1n) is 8.11. The first kappa shape index (κ1) is 16.2. The number of aliphatic imine (C=N–C) groups is 2. The van der Waals surface area contributed by atoms with Gasteiger partial charge in [0.15, 0.2) is 0 Å². The molecule has 0 spiro atoms. The van der Waals surface area contributed by atoms with Crippen molar-refractivity contribution in [2.24, 2.45) is 15.1 Å². The fourth-order valence-electron chi connectivity index (χ4n) is 2.96. The molecule has 0 fully saturated rings. The Morgan fingerprint density at radius 1 is 1.50 bits per heavy atom. The van der Waals surface area contributed by atoms with Crippen molar-refractivity contribution >= 4 is 24.4 Å². The van der Waals surface area contributed by atoms with Crippen LogP contribution in [0.1, 0.15) is 25.7 Å². The number of hydrazone groups is 1. The summed E-state index contributed by atoms with van der Waals surface area (Å²) in [6.45, 7) is 0.547. The number of nitrogens with zero attached hydrogens (tertiary/aromatic N) is 4. The third kappa shape index (κ3) is 3.64. The van der Waals surface area contributed by atoms with E-state index in [4.69, 9.17) is 5.11 Å². The molecule has 0 amide bonds. The summed E-state index contributed by atoms with van der Waals surface area (Å²) in [4.78, 5) is 21.7. The number of carbonyl (C=O) groups is 1. The van der Waals surface area contributed by atoms with Crippen LogP contribution in [0.15, 0.2) is 38.5 Å². The average molecular weight is 330 g/mol. The molecule has 0 aromatic rings. The number of nitrogens with one attached hydrogen (secondary N) is 2. The second-order valence-electron chi connectivity index (χ2n) is 5.98. The molecule has 2 heterocycles. The number of hydrogen-bond donors (Lipinski definition) is 3. The molecule has 0 radical (unpaired) electrons. The Hall–Kier alpha value is -2.64. The average Bonchev–Trinajstić information content (AvgIpc) is 2.78. The van der Waals surface area contributed by atoms with Crippen LogP contribution in [-0.2, 0) is 4.79 Å². The van der Waals surface area contributed by atoms with Crippen LogP contribution in [0, 0.1) is 0 Å². The zero-order chi connectivity index (χ0) is 16.9. The minimum absolute atomic E-state index is 0.0227. The molecule has 3 aliphatic rings. The van der Waals surface area contributed by atoms with Crippen LogP contribution in [0.5, 0.6) is 0 Å². The number of likely N-dealkylation sites (N-methyl/N-ethyl adjacent to an activating group) is 1. The van der Waals surface area contributed by atoms with Crippen LogP contribution < -0.4 is 10.7 Å². The Morgan fingerprint density at radius 2 is 2.38 bits per heavy atom. The SMILES string of the molecule is CN1C(CNC2=CC(C(=O)O)=CCC2)=NNC1C1CCC=NC=N1. The number of allylic oxidation sites excluding steroid dienone is 2. The van der Waals surface area contributed by atoms with Gasteiger partial charge in [0.1, 0.15) is 18.3 Å². The highest BCUT2D eigenvalue weighted by Crippen LogP contribution is 2.17. The lowest BCUT2D eigenvalue weighted by Gasteiger charge is -2.27. The Morgan fingerprint density at radius 3 is 3.21 bits per heavy atom. The lowest BCUT2D eigenvalue weighted by molar-refractivity contribution is -0.132. The minimum Gasteiger partial charge on any atom is -0.478 e. The molecule has 3 rings (SSSR count). The van der Waals surface area contributed by atoms with E-state index in [0.29, 0.717) is 12.1 Å². The molecule has 2 aliphatic heterocycles. The van der Waals surface area contributed by atoms with E-state index in [1.165, 1.54) is 0 Å². The predicted octanol–water partition coefficient (Wildman–Crippen LogP) is 0.701. The smallest absolute Gasteiger partial charge is 0.335 e. The molecule has 8 heteroatoms.